The molecule has 1 atom stereocenters. The van der Waals surface area contributed by atoms with E-state index in [2.05, 4.69) is 15.6 Å². The van der Waals surface area contributed by atoms with Gasteiger partial charge in [0.2, 0.25) is 0 Å². The first-order valence-electron chi connectivity index (χ1n) is 11.4. The number of carbonyl (C=O) groups excluding carboxylic acids is 1. The van der Waals surface area contributed by atoms with Crippen LogP contribution in [-0.4, -0.2) is 25.2 Å². The van der Waals surface area contributed by atoms with Crippen LogP contribution >= 0.6 is 0 Å². The summed E-state index contributed by atoms with van der Waals surface area (Å²) < 4.78 is 30.3. The maximum Gasteiger partial charge on any atom is 0.319 e. The molecule has 0 aliphatic rings. The van der Waals surface area contributed by atoms with Crippen LogP contribution in [0.4, 0.5) is 14.9 Å². The van der Waals surface area contributed by atoms with E-state index in [0.717, 1.165) is 22.1 Å². The number of fused-ring (bicyclic) bond motifs is 1. The van der Waals surface area contributed by atoms with Gasteiger partial charge in [-0.25, -0.2) is 9.18 Å². The van der Waals surface area contributed by atoms with Crippen molar-refractivity contribution in [2.45, 2.75) is 26.8 Å². The molecule has 3 aromatic carbocycles. The number of aromatic nitrogens is 1. The highest BCUT2D eigenvalue weighted by molar-refractivity contribution is 5.91. The van der Waals surface area contributed by atoms with E-state index in [0.29, 0.717) is 34.2 Å². The minimum atomic E-state index is -0.357. The second-order valence-corrected chi connectivity index (χ2v) is 8.37. The van der Waals surface area contributed by atoms with Crippen molar-refractivity contribution in [1.29, 1.82) is 0 Å². The Morgan fingerprint density at radius 3 is 2.28 bits per heavy atom. The second-order valence-electron chi connectivity index (χ2n) is 8.37. The molecule has 4 rings (SSSR count). The third kappa shape index (κ3) is 5.17. The zero-order valence-corrected chi connectivity index (χ0v) is 20.8. The van der Waals surface area contributed by atoms with Crippen LogP contribution in [0.3, 0.4) is 0 Å². The minimum absolute atomic E-state index is 0.287. The Morgan fingerprint density at radius 1 is 0.889 bits per heavy atom. The summed E-state index contributed by atoms with van der Waals surface area (Å²) in [5, 5.41) is 6.55. The first kappa shape index (κ1) is 24.8. The normalized spacial score (nSPS) is 11.6. The molecule has 7 nitrogen and oxygen atoms in total. The fraction of sp³-hybridized carbons (Fsp3) is 0.214. The van der Waals surface area contributed by atoms with Gasteiger partial charge in [0, 0.05) is 23.3 Å². The van der Waals surface area contributed by atoms with Crippen molar-refractivity contribution >= 4 is 22.6 Å². The highest BCUT2D eigenvalue weighted by Gasteiger charge is 2.15. The van der Waals surface area contributed by atoms with Gasteiger partial charge in [0.25, 0.3) is 0 Å². The number of hydrogen-bond acceptors (Lipinski definition) is 5. The number of anilines is 1. The summed E-state index contributed by atoms with van der Waals surface area (Å²) in [6.45, 7) is 5.69. The predicted octanol–water partition coefficient (Wildman–Crippen LogP) is 6.68. The van der Waals surface area contributed by atoms with Gasteiger partial charge in [0.1, 0.15) is 17.3 Å². The van der Waals surface area contributed by atoms with Crippen LogP contribution in [0.5, 0.6) is 23.0 Å². The number of carbonyl (C=O) groups is 1. The van der Waals surface area contributed by atoms with Crippen LogP contribution in [-0.2, 0) is 0 Å². The second kappa shape index (κ2) is 10.5. The average Bonchev–Trinajstić information content (AvgIpc) is 2.88. The van der Waals surface area contributed by atoms with Gasteiger partial charge < -0.3 is 24.8 Å². The predicted molar refractivity (Wildman–Crippen MR) is 138 cm³/mol. The number of rotatable bonds is 7. The number of pyridine rings is 1. The summed E-state index contributed by atoms with van der Waals surface area (Å²) in [4.78, 5) is 17.0. The van der Waals surface area contributed by atoms with Gasteiger partial charge in [-0.2, -0.15) is 0 Å². The maximum atomic E-state index is 13.2. The van der Waals surface area contributed by atoms with E-state index in [1.54, 1.807) is 50.7 Å². The quantitative estimate of drug-likeness (QED) is 0.303. The first-order valence-corrected chi connectivity index (χ1v) is 11.4. The molecule has 4 aromatic rings. The van der Waals surface area contributed by atoms with Crippen molar-refractivity contribution in [2.24, 2.45) is 0 Å². The van der Waals surface area contributed by atoms with E-state index in [4.69, 9.17) is 14.2 Å². The summed E-state index contributed by atoms with van der Waals surface area (Å²) >= 11 is 0. The molecular formula is C28H28FN3O4. The molecular weight excluding hydrogens is 461 g/mol. The zero-order chi connectivity index (χ0) is 25.8. The number of hydrogen-bond donors (Lipinski definition) is 2. The van der Waals surface area contributed by atoms with Gasteiger partial charge in [-0.1, -0.05) is 12.1 Å². The van der Waals surface area contributed by atoms with Crippen LogP contribution in [0.15, 0.2) is 60.8 Å². The number of urea groups is 1. The molecule has 2 amide bonds. The van der Waals surface area contributed by atoms with Crippen LogP contribution < -0.4 is 24.8 Å². The van der Waals surface area contributed by atoms with Gasteiger partial charge in [-0.05, 0) is 73.9 Å². The SMILES string of the molecule is COc1cc2nccc(Oc3ccc(NC(=O)N[C@H](C)c4ccc(F)cc4)c(C)c3C)c2cc1OC. The van der Waals surface area contributed by atoms with Crippen LogP contribution in [0.25, 0.3) is 10.9 Å². The van der Waals surface area contributed by atoms with Crippen LogP contribution in [0, 0.1) is 19.7 Å². The molecule has 0 bridgehead atoms. The number of nitrogens with one attached hydrogen (secondary N) is 2. The Morgan fingerprint density at radius 2 is 1.58 bits per heavy atom. The molecule has 0 saturated carbocycles. The number of methoxy groups -OCH3 is 2. The maximum absolute atomic E-state index is 13.2. The van der Waals surface area contributed by atoms with Crippen molar-refractivity contribution in [3.8, 4) is 23.0 Å². The monoisotopic (exact) mass is 489 g/mol. The average molecular weight is 490 g/mol. The van der Waals surface area contributed by atoms with E-state index in [1.807, 2.05) is 32.9 Å². The van der Waals surface area contributed by atoms with Crippen LogP contribution in [0.1, 0.15) is 29.7 Å². The van der Waals surface area contributed by atoms with Gasteiger partial charge in [-0.3, -0.25) is 4.98 Å². The van der Waals surface area contributed by atoms with Gasteiger partial charge >= 0.3 is 6.03 Å². The first-order chi connectivity index (χ1) is 17.3. The fourth-order valence-corrected chi connectivity index (χ4v) is 3.89. The van der Waals surface area contributed by atoms with E-state index in [9.17, 15) is 9.18 Å². The Kier molecular flexibility index (Phi) is 7.24. The zero-order valence-electron chi connectivity index (χ0n) is 20.8. The molecule has 2 N–H and O–H groups in total. The van der Waals surface area contributed by atoms with Crippen molar-refractivity contribution < 1.29 is 23.4 Å². The Balaban J connectivity index is 1.53. The smallest absolute Gasteiger partial charge is 0.319 e. The lowest BCUT2D eigenvalue weighted by molar-refractivity contribution is 0.249. The minimum Gasteiger partial charge on any atom is -0.493 e. The van der Waals surface area contributed by atoms with E-state index < -0.39 is 0 Å². The summed E-state index contributed by atoms with van der Waals surface area (Å²) in [5.74, 6) is 2.12. The summed E-state index contributed by atoms with van der Waals surface area (Å²) in [5.41, 5.74) is 3.93. The highest BCUT2D eigenvalue weighted by atomic mass is 19.1. The van der Waals surface area contributed by atoms with Gasteiger partial charge in [0.15, 0.2) is 11.5 Å². The summed E-state index contributed by atoms with van der Waals surface area (Å²) in [6, 6.07) is 14.4. The molecule has 0 unspecified atom stereocenters. The topological polar surface area (TPSA) is 81.7 Å². The molecule has 1 heterocycles. The standard InChI is InChI=1S/C28H28FN3O4/c1-16-17(2)24(36-25-12-13-30-23-15-27(35-5)26(34-4)14-21(23)25)11-10-22(16)32-28(33)31-18(3)19-6-8-20(29)9-7-19/h6-15,18H,1-5H3,(H2,31,32,33)/t18-/m1/s1. The molecule has 1 aromatic heterocycles. The molecule has 0 spiro atoms. The number of amides is 2. The highest BCUT2D eigenvalue weighted by Crippen LogP contribution is 2.38. The number of nitrogens with zero attached hydrogens (tertiary/aromatic N) is 1. The fourth-order valence-electron chi connectivity index (χ4n) is 3.89. The Hall–Kier alpha value is -4.33. The summed E-state index contributed by atoms with van der Waals surface area (Å²) in [7, 11) is 3.16. The lowest BCUT2D eigenvalue weighted by atomic mass is 10.1. The largest absolute Gasteiger partial charge is 0.493 e. The van der Waals surface area contributed by atoms with E-state index >= 15 is 0 Å². The molecule has 8 heteroatoms. The summed E-state index contributed by atoms with van der Waals surface area (Å²) in [6.07, 6.45) is 1.67. The number of halogens is 1. The lowest BCUT2D eigenvalue weighted by Gasteiger charge is -2.18. The molecule has 0 fully saturated rings. The molecule has 36 heavy (non-hydrogen) atoms. The van der Waals surface area contributed by atoms with Crippen molar-refractivity contribution in [3.05, 3.63) is 83.3 Å². The third-order valence-electron chi connectivity index (χ3n) is 6.13. The van der Waals surface area contributed by atoms with Gasteiger partial charge in [0.05, 0.1) is 25.8 Å². The van der Waals surface area contributed by atoms with Crippen molar-refractivity contribution in [1.82, 2.24) is 10.3 Å². The molecule has 0 aliphatic carbocycles. The van der Waals surface area contributed by atoms with Crippen LogP contribution in [0.2, 0.25) is 0 Å². The Labute approximate surface area is 209 Å². The molecule has 0 radical (unpaired) electrons. The lowest BCUT2D eigenvalue weighted by Crippen LogP contribution is -2.31. The number of ether oxygens (including phenoxy) is 3. The van der Waals surface area contributed by atoms with E-state index in [1.165, 1.54) is 12.1 Å². The van der Waals surface area contributed by atoms with Gasteiger partial charge in [-0.15, -0.1) is 0 Å². The van der Waals surface area contributed by atoms with E-state index in [-0.39, 0.29) is 17.9 Å². The van der Waals surface area contributed by atoms with Crippen molar-refractivity contribution in [3.63, 3.8) is 0 Å². The molecule has 186 valence electrons. The van der Waals surface area contributed by atoms with Crippen molar-refractivity contribution in [2.75, 3.05) is 19.5 Å². The molecule has 0 aliphatic heterocycles. The molecule has 0 saturated heterocycles. The third-order valence-corrected chi connectivity index (χ3v) is 6.13. The number of benzene rings is 3. The Bertz CT molecular complexity index is 1410.